The van der Waals surface area contributed by atoms with Crippen molar-refractivity contribution >= 4 is 29.9 Å². The van der Waals surface area contributed by atoms with Crippen LogP contribution in [0, 0.1) is 0 Å². The van der Waals surface area contributed by atoms with Gasteiger partial charge in [-0.05, 0) is 24.0 Å². The Morgan fingerprint density at radius 3 is 2.57 bits per heavy atom. The summed E-state index contributed by atoms with van der Waals surface area (Å²) in [6, 6.07) is 8.38. The third-order valence-electron chi connectivity index (χ3n) is 3.77. The van der Waals surface area contributed by atoms with Crippen LogP contribution in [0.4, 0.5) is 0 Å². The number of nitrogens with two attached hydrogens (primary N) is 1. The van der Waals surface area contributed by atoms with Gasteiger partial charge in [0.25, 0.3) is 0 Å². The average Bonchev–Trinajstić information content (AvgIpc) is 2.48. The van der Waals surface area contributed by atoms with Crippen LogP contribution in [0.5, 0.6) is 0 Å². The van der Waals surface area contributed by atoms with Crippen LogP contribution in [0.15, 0.2) is 29.3 Å². The summed E-state index contributed by atoms with van der Waals surface area (Å²) < 4.78 is 0. The summed E-state index contributed by atoms with van der Waals surface area (Å²) in [5.74, 6) is 0.459. The minimum Gasteiger partial charge on any atom is -0.393 e. The number of aliphatic hydroxyl groups is 1. The second-order valence-electron chi connectivity index (χ2n) is 5.24. The van der Waals surface area contributed by atoms with Crippen molar-refractivity contribution in [1.82, 2.24) is 10.2 Å². The minimum atomic E-state index is -0.122. The Morgan fingerprint density at radius 1 is 1.33 bits per heavy atom. The molecule has 0 saturated carbocycles. The maximum absolute atomic E-state index is 9.56. The van der Waals surface area contributed by atoms with Crippen molar-refractivity contribution in [2.24, 2.45) is 10.7 Å². The van der Waals surface area contributed by atoms with Gasteiger partial charge in [0.15, 0.2) is 5.96 Å². The van der Waals surface area contributed by atoms with Crippen LogP contribution in [0.3, 0.4) is 0 Å². The molecule has 1 aromatic rings. The van der Waals surface area contributed by atoms with Crippen LogP contribution in [-0.4, -0.2) is 42.2 Å². The van der Waals surface area contributed by atoms with E-state index in [4.69, 9.17) is 5.73 Å². The number of piperidine rings is 1. The molecule has 0 atom stereocenters. The Bertz CT molecular complexity index is 459. The zero-order chi connectivity index (χ0) is 14.4. The molecule has 1 aliphatic rings. The highest BCUT2D eigenvalue weighted by molar-refractivity contribution is 14.0. The minimum absolute atomic E-state index is 0. The van der Waals surface area contributed by atoms with Crippen molar-refractivity contribution in [1.29, 1.82) is 0 Å². The van der Waals surface area contributed by atoms with Crippen molar-refractivity contribution in [2.75, 3.05) is 20.1 Å². The molecule has 6 heteroatoms. The highest BCUT2D eigenvalue weighted by Gasteiger charge is 2.17. The van der Waals surface area contributed by atoms with Crippen molar-refractivity contribution < 1.29 is 5.11 Å². The largest absolute Gasteiger partial charge is 0.393 e. The lowest BCUT2D eigenvalue weighted by Crippen LogP contribution is -2.36. The first kappa shape index (κ1) is 18.2. The first-order valence-electron chi connectivity index (χ1n) is 7.12. The number of likely N-dealkylation sites (tertiary alicyclic amines) is 1. The molecular weight excluding hydrogens is 379 g/mol. The van der Waals surface area contributed by atoms with E-state index >= 15 is 0 Å². The van der Waals surface area contributed by atoms with E-state index in [2.05, 4.69) is 33.4 Å². The maximum atomic E-state index is 9.56. The monoisotopic (exact) mass is 404 g/mol. The second kappa shape index (κ2) is 9.22. The molecule has 5 nitrogen and oxygen atoms in total. The van der Waals surface area contributed by atoms with Gasteiger partial charge >= 0.3 is 0 Å². The van der Waals surface area contributed by atoms with Gasteiger partial charge < -0.3 is 16.2 Å². The molecule has 0 radical (unpaired) electrons. The van der Waals surface area contributed by atoms with Gasteiger partial charge in [0, 0.05) is 33.2 Å². The average molecular weight is 404 g/mol. The van der Waals surface area contributed by atoms with E-state index in [1.165, 1.54) is 11.1 Å². The predicted octanol–water partition coefficient (Wildman–Crippen LogP) is 1.30. The fraction of sp³-hybridized carbons (Fsp3) is 0.533. The smallest absolute Gasteiger partial charge is 0.188 e. The first-order chi connectivity index (χ1) is 9.69. The van der Waals surface area contributed by atoms with E-state index < -0.39 is 0 Å². The fourth-order valence-electron chi connectivity index (χ4n) is 2.47. The summed E-state index contributed by atoms with van der Waals surface area (Å²) in [6.45, 7) is 3.53. The summed E-state index contributed by atoms with van der Waals surface area (Å²) in [5.41, 5.74) is 8.22. The summed E-state index contributed by atoms with van der Waals surface area (Å²) in [5, 5.41) is 12.7. The highest BCUT2D eigenvalue weighted by Crippen LogP contribution is 2.16. The molecule has 0 spiro atoms. The normalized spacial score (nSPS) is 17.3. The number of aliphatic imine (C=N–C) groups is 1. The van der Waals surface area contributed by atoms with Crippen LogP contribution >= 0.6 is 24.0 Å². The number of nitrogens with one attached hydrogen (secondary N) is 1. The van der Waals surface area contributed by atoms with Gasteiger partial charge in [0.1, 0.15) is 0 Å². The van der Waals surface area contributed by atoms with Gasteiger partial charge in [0.05, 0.1) is 6.10 Å². The zero-order valence-corrected chi connectivity index (χ0v) is 14.8. The molecule has 118 valence electrons. The van der Waals surface area contributed by atoms with Crippen LogP contribution in [0.1, 0.15) is 24.0 Å². The van der Waals surface area contributed by atoms with Gasteiger partial charge in [-0.15, -0.1) is 24.0 Å². The van der Waals surface area contributed by atoms with E-state index in [0.717, 1.165) is 32.5 Å². The molecule has 21 heavy (non-hydrogen) atoms. The van der Waals surface area contributed by atoms with Crippen LogP contribution < -0.4 is 11.1 Å². The van der Waals surface area contributed by atoms with Crippen molar-refractivity contribution in [3.63, 3.8) is 0 Å². The van der Waals surface area contributed by atoms with E-state index in [9.17, 15) is 5.11 Å². The van der Waals surface area contributed by atoms with E-state index in [0.29, 0.717) is 12.5 Å². The van der Waals surface area contributed by atoms with Gasteiger partial charge in [-0.1, -0.05) is 24.3 Å². The fourth-order valence-corrected chi connectivity index (χ4v) is 2.47. The highest BCUT2D eigenvalue weighted by atomic mass is 127. The number of benzene rings is 1. The predicted molar refractivity (Wildman–Crippen MR) is 96.8 cm³/mol. The Hall–Kier alpha value is -0.860. The number of guanidine groups is 1. The maximum Gasteiger partial charge on any atom is 0.188 e. The summed E-state index contributed by atoms with van der Waals surface area (Å²) >= 11 is 0. The zero-order valence-electron chi connectivity index (χ0n) is 12.5. The molecule has 1 aromatic carbocycles. The number of rotatable bonds is 4. The summed E-state index contributed by atoms with van der Waals surface area (Å²) in [7, 11) is 1.67. The van der Waals surface area contributed by atoms with Crippen LogP contribution in [0.25, 0.3) is 0 Å². The van der Waals surface area contributed by atoms with Crippen molar-refractivity contribution in [2.45, 2.75) is 32.0 Å². The van der Waals surface area contributed by atoms with E-state index in [1.807, 2.05) is 6.07 Å². The van der Waals surface area contributed by atoms with Gasteiger partial charge in [0.2, 0.25) is 0 Å². The molecule has 0 amide bonds. The SMILES string of the molecule is CN=C(N)NCc1ccccc1CN1CCC(O)CC1.I. The Labute approximate surface area is 143 Å². The molecule has 1 aliphatic heterocycles. The van der Waals surface area contributed by atoms with Gasteiger partial charge in [-0.25, -0.2) is 0 Å². The Kier molecular flexibility index (Phi) is 7.98. The van der Waals surface area contributed by atoms with E-state index in [1.54, 1.807) is 7.05 Å². The lowest BCUT2D eigenvalue weighted by atomic mass is 10.0. The van der Waals surface area contributed by atoms with Gasteiger partial charge in [-0.3, -0.25) is 9.89 Å². The van der Waals surface area contributed by atoms with E-state index in [-0.39, 0.29) is 30.1 Å². The van der Waals surface area contributed by atoms with Crippen molar-refractivity contribution in [3.05, 3.63) is 35.4 Å². The molecule has 4 N–H and O–H groups in total. The molecule has 2 rings (SSSR count). The van der Waals surface area contributed by atoms with Crippen LogP contribution in [0.2, 0.25) is 0 Å². The lowest BCUT2D eigenvalue weighted by Gasteiger charge is -2.30. The van der Waals surface area contributed by atoms with Gasteiger partial charge in [-0.2, -0.15) is 0 Å². The molecule has 0 aliphatic carbocycles. The third kappa shape index (κ3) is 5.80. The molecule has 1 saturated heterocycles. The molecule has 0 aromatic heterocycles. The lowest BCUT2D eigenvalue weighted by molar-refractivity contribution is 0.0791. The third-order valence-corrected chi connectivity index (χ3v) is 3.77. The molecular formula is C15H25IN4O. The molecule has 1 fully saturated rings. The Morgan fingerprint density at radius 2 is 1.95 bits per heavy atom. The van der Waals surface area contributed by atoms with Crippen molar-refractivity contribution in [3.8, 4) is 0 Å². The quantitative estimate of drug-likeness (QED) is 0.402. The Balaban J connectivity index is 0.00000220. The topological polar surface area (TPSA) is 73.9 Å². The summed E-state index contributed by atoms with van der Waals surface area (Å²) in [4.78, 5) is 6.29. The molecule has 0 bridgehead atoms. The number of hydrogen-bond donors (Lipinski definition) is 3. The second-order valence-corrected chi connectivity index (χ2v) is 5.24. The number of hydrogen-bond acceptors (Lipinski definition) is 3. The molecule has 1 heterocycles. The number of aliphatic hydroxyl groups excluding tert-OH is 1. The number of nitrogens with zero attached hydrogens (tertiary/aromatic N) is 2. The molecule has 0 unspecified atom stereocenters. The first-order valence-corrected chi connectivity index (χ1v) is 7.12. The van der Waals surface area contributed by atoms with Crippen LogP contribution in [-0.2, 0) is 13.1 Å². The number of halogens is 1. The summed E-state index contributed by atoms with van der Waals surface area (Å²) in [6.07, 6.45) is 1.62. The standard InChI is InChI=1S/C15H24N4O.HI/c1-17-15(16)18-10-12-4-2-3-5-13(12)11-19-8-6-14(20)7-9-19;/h2-5,14,20H,6-11H2,1H3,(H3,16,17,18);1H.